The van der Waals surface area contributed by atoms with Gasteiger partial charge < -0.3 is 5.73 Å². The van der Waals surface area contributed by atoms with Crippen molar-refractivity contribution in [1.82, 2.24) is 0 Å². The van der Waals surface area contributed by atoms with E-state index in [1.54, 1.807) is 0 Å². The summed E-state index contributed by atoms with van der Waals surface area (Å²) < 4.78 is 1.26. The summed E-state index contributed by atoms with van der Waals surface area (Å²) in [6.45, 7) is 6.70. The minimum atomic E-state index is 0.367. The summed E-state index contributed by atoms with van der Waals surface area (Å²) in [5.74, 6) is 1.64. The van der Waals surface area contributed by atoms with E-state index in [9.17, 15) is 0 Å². The molecule has 0 rings (SSSR count). The van der Waals surface area contributed by atoms with E-state index < -0.39 is 0 Å². The molecule has 0 fully saturated rings. The van der Waals surface area contributed by atoms with Crippen LogP contribution in [-0.2, 0) is 0 Å². The number of rotatable bonds is 5. The highest BCUT2D eigenvalue weighted by Crippen LogP contribution is 2.17. The second kappa shape index (κ2) is 6.23. The first kappa shape index (κ1) is 11.7. The second-order valence-corrected chi connectivity index (χ2v) is 4.69. The molecule has 2 unspecified atom stereocenters. The Hall–Kier alpha value is 0.690. The lowest BCUT2D eigenvalue weighted by Crippen LogP contribution is -2.19. The van der Waals surface area contributed by atoms with Crippen molar-refractivity contribution in [3.8, 4) is 0 Å². The molecule has 0 amide bonds. The van der Waals surface area contributed by atoms with Crippen LogP contribution in [0.15, 0.2) is 0 Å². The molecule has 0 aromatic heterocycles. The molecule has 0 aliphatic carbocycles. The molecule has 0 radical (unpaired) electrons. The van der Waals surface area contributed by atoms with E-state index in [1.165, 1.54) is 17.3 Å². The Morgan fingerprint density at radius 1 is 1.09 bits per heavy atom. The minimum absolute atomic E-state index is 0.367. The van der Waals surface area contributed by atoms with Gasteiger partial charge in [-0.3, -0.25) is 0 Å². The molecule has 2 heteroatoms. The van der Waals surface area contributed by atoms with Crippen LogP contribution in [0.5, 0.6) is 0 Å². The predicted molar refractivity (Wildman–Crippen MR) is 60.1 cm³/mol. The van der Waals surface area contributed by atoms with E-state index in [0.717, 1.165) is 11.8 Å². The normalized spacial score (nSPS) is 19.4. The number of nitrogens with two attached hydrogens (primary N) is 1. The molecule has 0 aromatic rings. The fourth-order valence-corrected chi connectivity index (χ4v) is 1.84. The lowest BCUT2D eigenvalue weighted by Gasteiger charge is -2.16. The second-order valence-electron chi connectivity index (χ2n) is 3.81. The maximum atomic E-state index is 5.71. The highest BCUT2D eigenvalue weighted by atomic mass is 127. The smallest absolute Gasteiger partial charge is 0.00211 e. The van der Waals surface area contributed by atoms with E-state index >= 15 is 0 Å². The van der Waals surface area contributed by atoms with Crippen molar-refractivity contribution < 1.29 is 0 Å². The topological polar surface area (TPSA) is 26.0 Å². The Labute approximate surface area is 84.3 Å². The highest BCUT2D eigenvalue weighted by Gasteiger charge is 2.08. The SMILES string of the molecule is CC(N)C[C@H](C)CC(C)CI. The number of halogens is 1. The van der Waals surface area contributed by atoms with Crippen LogP contribution in [0.1, 0.15) is 33.6 Å². The molecular formula is C9H20IN. The molecule has 11 heavy (non-hydrogen) atoms. The molecule has 0 saturated carbocycles. The molecule has 2 N–H and O–H groups in total. The summed E-state index contributed by atoms with van der Waals surface area (Å²) in [5.41, 5.74) is 5.71. The predicted octanol–water partition coefficient (Wildman–Crippen LogP) is 2.82. The summed E-state index contributed by atoms with van der Waals surface area (Å²) in [6.07, 6.45) is 2.49. The van der Waals surface area contributed by atoms with Crippen LogP contribution in [0.4, 0.5) is 0 Å². The first-order valence-electron chi connectivity index (χ1n) is 4.37. The zero-order chi connectivity index (χ0) is 8.85. The standard InChI is InChI=1S/C9H20IN/c1-7(5-9(3)11)4-8(2)6-10/h7-9H,4-6,11H2,1-3H3/t7-,8?,9?/m1/s1. The lowest BCUT2D eigenvalue weighted by atomic mass is 9.93. The fraction of sp³-hybridized carbons (Fsp3) is 1.00. The Morgan fingerprint density at radius 2 is 1.64 bits per heavy atom. The first-order chi connectivity index (χ1) is 5.06. The van der Waals surface area contributed by atoms with Gasteiger partial charge in [0.05, 0.1) is 0 Å². The first-order valence-corrected chi connectivity index (χ1v) is 5.90. The Morgan fingerprint density at radius 3 is 2.00 bits per heavy atom. The van der Waals surface area contributed by atoms with Gasteiger partial charge in [0.2, 0.25) is 0 Å². The Balaban J connectivity index is 3.43. The van der Waals surface area contributed by atoms with Gasteiger partial charge in [0, 0.05) is 10.5 Å². The van der Waals surface area contributed by atoms with Crippen LogP contribution in [0.25, 0.3) is 0 Å². The van der Waals surface area contributed by atoms with Crippen molar-refractivity contribution >= 4 is 22.6 Å². The molecular weight excluding hydrogens is 249 g/mol. The van der Waals surface area contributed by atoms with Crippen LogP contribution in [0.3, 0.4) is 0 Å². The average Bonchev–Trinajstić information content (AvgIpc) is 1.85. The summed E-state index contributed by atoms with van der Waals surface area (Å²) in [6, 6.07) is 0.367. The van der Waals surface area contributed by atoms with Gasteiger partial charge in [0.25, 0.3) is 0 Å². The Bertz CT molecular complexity index is 93.6. The molecule has 0 saturated heterocycles. The number of hydrogen-bond donors (Lipinski definition) is 1. The summed E-state index contributed by atoms with van der Waals surface area (Å²) >= 11 is 2.45. The van der Waals surface area contributed by atoms with Crippen LogP contribution in [0, 0.1) is 11.8 Å². The van der Waals surface area contributed by atoms with Gasteiger partial charge >= 0.3 is 0 Å². The van der Waals surface area contributed by atoms with Crippen molar-refractivity contribution in [2.75, 3.05) is 4.43 Å². The maximum absolute atomic E-state index is 5.71. The van der Waals surface area contributed by atoms with E-state index in [4.69, 9.17) is 5.73 Å². The van der Waals surface area contributed by atoms with Gasteiger partial charge in [-0.2, -0.15) is 0 Å². The van der Waals surface area contributed by atoms with Crippen molar-refractivity contribution in [3.05, 3.63) is 0 Å². The zero-order valence-electron chi connectivity index (χ0n) is 7.81. The lowest BCUT2D eigenvalue weighted by molar-refractivity contribution is 0.398. The summed E-state index contributed by atoms with van der Waals surface area (Å²) in [5, 5.41) is 0. The van der Waals surface area contributed by atoms with E-state index in [1.807, 2.05) is 0 Å². The van der Waals surface area contributed by atoms with Crippen molar-refractivity contribution in [2.24, 2.45) is 17.6 Å². The molecule has 0 aliphatic heterocycles. The average molecular weight is 269 g/mol. The Kier molecular flexibility index (Phi) is 6.62. The largest absolute Gasteiger partial charge is 0.328 e. The monoisotopic (exact) mass is 269 g/mol. The van der Waals surface area contributed by atoms with E-state index in [-0.39, 0.29) is 0 Å². The maximum Gasteiger partial charge on any atom is 0.00211 e. The van der Waals surface area contributed by atoms with Gasteiger partial charge in [-0.25, -0.2) is 0 Å². The minimum Gasteiger partial charge on any atom is -0.328 e. The molecule has 0 aliphatic rings. The van der Waals surface area contributed by atoms with Crippen LogP contribution < -0.4 is 5.73 Å². The van der Waals surface area contributed by atoms with Gasteiger partial charge in [0.15, 0.2) is 0 Å². The third-order valence-electron chi connectivity index (χ3n) is 1.84. The molecule has 3 atom stereocenters. The number of hydrogen-bond acceptors (Lipinski definition) is 1. The number of alkyl halides is 1. The van der Waals surface area contributed by atoms with Crippen LogP contribution >= 0.6 is 22.6 Å². The van der Waals surface area contributed by atoms with E-state index in [2.05, 4.69) is 43.4 Å². The molecule has 0 spiro atoms. The molecule has 68 valence electrons. The molecule has 0 heterocycles. The summed E-state index contributed by atoms with van der Waals surface area (Å²) in [4.78, 5) is 0. The highest BCUT2D eigenvalue weighted by molar-refractivity contribution is 14.1. The third-order valence-corrected chi connectivity index (χ3v) is 3.35. The van der Waals surface area contributed by atoms with Crippen molar-refractivity contribution in [2.45, 2.75) is 39.7 Å². The van der Waals surface area contributed by atoms with Crippen molar-refractivity contribution in [3.63, 3.8) is 0 Å². The van der Waals surface area contributed by atoms with Gasteiger partial charge in [0.1, 0.15) is 0 Å². The van der Waals surface area contributed by atoms with Crippen LogP contribution in [0.2, 0.25) is 0 Å². The van der Waals surface area contributed by atoms with Gasteiger partial charge in [-0.15, -0.1) is 0 Å². The third kappa shape index (κ3) is 7.06. The zero-order valence-corrected chi connectivity index (χ0v) is 9.97. The quantitative estimate of drug-likeness (QED) is 0.602. The fourth-order valence-electron chi connectivity index (χ4n) is 1.48. The van der Waals surface area contributed by atoms with E-state index in [0.29, 0.717) is 6.04 Å². The van der Waals surface area contributed by atoms with Crippen molar-refractivity contribution in [1.29, 1.82) is 0 Å². The van der Waals surface area contributed by atoms with Crippen LogP contribution in [-0.4, -0.2) is 10.5 Å². The van der Waals surface area contributed by atoms with Gasteiger partial charge in [-0.1, -0.05) is 36.4 Å². The molecule has 1 nitrogen and oxygen atoms in total. The molecule has 0 aromatic carbocycles. The summed E-state index contributed by atoms with van der Waals surface area (Å²) in [7, 11) is 0. The van der Waals surface area contributed by atoms with Gasteiger partial charge in [-0.05, 0) is 31.6 Å². The molecule has 0 bridgehead atoms.